The van der Waals surface area contributed by atoms with E-state index < -0.39 is 0 Å². The molecule has 1 fully saturated rings. The molecule has 94 valence electrons. The molecule has 0 amide bonds. The summed E-state index contributed by atoms with van der Waals surface area (Å²) in [6, 6.07) is 6.01. The molecule has 0 bridgehead atoms. The highest BCUT2D eigenvalue weighted by Gasteiger charge is 2.21. The maximum Gasteiger partial charge on any atom is 0.165 e. The highest BCUT2D eigenvalue weighted by Crippen LogP contribution is 2.35. The van der Waals surface area contributed by atoms with E-state index in [0.717, 1.165) is 11.4 Å². The van der Waals surface area contributed by atoms with Gasteiger partial charge in [0.15, 0.2) is 5.82 Å². The number of nitrogen functional groups attached to an aromatic ring is 1. The maximum absolute atomic E-state index is 6.24. The summed E-state index contributed by atoms with van der Waals surface area (Å²) in [4.78, 5) is 0. The Kier molecular flexibility index (Phi) is 2.96. The van der Waals surface area contributed by atoms with Crippen LogP contribution >= 0.6 is 11.6 Å². The van der Waals surface area contributed by atoms with Crippen LogP contribution in [0.15, 0.2) is 24.5 Å². The fourth-order valence-electron chi connectivity index (χ4n) is 2.60. The minimum absolute atomic E-state index is 0.503. The molecule has 1 heterocycles. The molecule has 3 rings (SSSR count). The van der Waals surface area contributed by atoms with Crippen molar-refractivity contribution in [2.75, 3.05) is 5.73 Å². The van der Waals surface area contributed by atoms with Gasteiger partial charge in [-0.1, -0.05) is 24.4 Å². The lowest BCUT2D eigenvalue weighted by Crippen LogP contribution is -2.05. The third kappa shape index (κ3) is 1.97. The van der Waals surface area contributed by atoms with Crippen molar-refractivity contribution >= 4 is 17.3 Å². The summed E-state index contributed by atoms with van der Waals surface area (Å²) in [7, 11) is 0. The molecule has 0 atom stereocenters. The molecule has 4 nitrogen and oxygen atoms in total. The summed E-state index contributed by atoms with van der Waals surface area (Å²) in [6.07, 6.45) is 6.74. The van der Waals surface area contributed by atoms with Gasteiger partial charge in [0.05, 0.1) is 5.02 Å². The van der Waals surface area contributed by atoms with Crippen molar-refractivity contribution in [1.82, 2.24) is 14.8 Å². The van der Waals surface area contributed by atoms with Gasteiger partial charge in [-0.25, -0.2) is 0 Å². The summed E-state index contributed by atoms with van der Waals surface area (Å²) in [6.45, 7) is 0. The third-order valence-electron chi connectivity index (χ3n) is 3.53. The number of aromatic nitrogens is 3. The minimum atomic E-state index is 0.503. The van der Waals surface area contributed by atoms with Gasteiger partial charge in [-0.05, 0) is 31.0 Å². The van der Waals surface area contributed by atoms with E-state index in [4.69, 9.17) is 17.3 Å². The Balaban J connectivity index is 2.03. The molecule has 1 aromatic heterocycles. The molecular weight excluding hydrogens is 248 g/mol. The fraction of sp³-hybridized carbons (Fsp3) is 0.385. The number of anilines is 1. The van der Waals surface area contributed by atoms with Gasteiger partial charge in [-0.2, -0.15) is 0 Å². The van der Waals surface area contributed by atoms with E-state index in [2.05, 4.69) is 14.8 Å². The topological polar surface area (TPSA) is 56.7 Å². The molecule has 2 N–H and O–H groups in total. The van der Waals surface area contributed by atoms with Crippen molar-refractivity contribution in [3.05, 3.63) is 29.5 Å². The van der Waals surface area contributed by atoms with Gasteiger partial charge in [0.25, 0.3) is 0 Å². The molecule has 1 saturated carbocycles. The SMILES string of the molecule is Nc1ccc(-c2nncn2C2CCCC2)c(Cl)c1. The number of halogens is 1. The molecule has 2 aromatic rings. The Morgan fingerprint density at radius 2 is 2.06 bits per heavy atom. The summed E-state index contributed by atoms with van der Waals surface area (Å²) < 4.78 is 2.14. The van der Waals surface area contributed by atoms with E-state index in [-0.39, 0.29) is 0 Å². The van der Waals surface area contributed by atoms with Gasteiger partial charge >= 0.3 is 0 Å². The van der Waals surface area contributed by atoms with Gasteiger partial charge in [0.1, 0.15) is 6.33 Å². The molecule has 1 aliphatic carbocycles. The third-order valence-corrected chi connectivity index (χ3v) is 3.84. The molecule has 18 heavy (non-hydrogen) atoms. The van der Waals surface area contributed by atoms with E-state index in [1.54, 1.807) is 12.4 Å². The Labute approximate surface area is 111 Å². The number of hydrogen-bond donors (Lipinski definition) is 1. The molecule has 0 aliphatic heterocycles. The quantitative estimate of drug-likeness (QED) is 0.845. The minimum Gasteiger partial charge on any atom is -0.399 e. The Bertz CT molecular complexity index is 558. The van der Waals surface area contributed by atoms with E-state index in [0.29, 0.717) is 16.8 Å². The van der Waals surface area contributed by atoms with Crippen molar-refractivity contribution < 1.29 is 0 Å². The average molecular weight is 263 g/mol. The smallest absolute Gasteiger partial charge is 0.165 e. The number of rotatable bonds is 2. The zero-order valence-corrected chi connectivity index (χ0v) is 10.8. The van der Waals surface area contributed by atoms with E-state index in [9.17, 15) is 0 Å². The lowest BCUT2D eigenvalue weighted by atomic mass is 10.1. The Morgan fingerprint density at radius 3 is 2.78 bits per heavy atom. The first-order chi connectivity index (χ1) is 8.75. The second-order valence-electron chi connectivity index (χ2n) is 4.74. The first-order valence-corrected chi connectivity index (χ1v) is 6.58. The van der Waals surface area contributed by atoms with Crippen LogP contribution in [0.1, 0.15) is 31.7 Å². The van der Waals surface area contributed by atoms with Crippen molar-refractivity contribution in [1.29, 1.82) is 0 Å². The van der Waals surface area contributed by atoms with Gasteiger partial charge in [-0.15, -0.1) is 10.2 Å². The Hall–Kier alpha value is -1.55. The fourth-order valence-corrected chi connectivity index (χ4v) is 2.87. The first kappa shape index (κ1) is 11.5. The van der Waals surface area contributed by atoms with Crippen LogP contribution in [-0.2, 0) is 0 Å². The predicted octanol–water partition coefficient (Wildman–Crippen LogP) is 3.30. The van der Waals surface area contributed by atoms with Crippen LogP contribution in [0.25, 0.3) is 11.4 Å². The van der Waals surface area contributed by atoms with Gasteiger partial charge < -0.3 is 10.3 Å². The zero-order valence-electron chi connectivity index (χ0n) is 10.0. The van der Waals surface area contributed by atoms with Crippen molar-refractivity contribution in [3.63, 3.8) is 0 Å². The van der Waals surface area contributed by atoms with E-state index >= 15 is 0 Å². The molecule has 5 heteroatoms. The summed E-state index contributed by atoms with van der Waals surface area (Å²) in [5.74, 6) is 0.840. The van der Waals surface area contributed by atoms with Crippen LogP contribution < -0.4 is 5.73 Å². The largest absolute Gasteiger partial charge is 0.399 e. The molecule has 1 aliphatic rings. The second-order valence-corrected chi connectivity index (χ2v) is 5.15. The van der Waals surface area contributed by atoms with E-state index in [1.165, 1.54) is 25.7 Å². The van der Waals surface area contributed by atoms with Crippen molar-refractivity contribution in [2.45, 2.75) is 31.7 Å². The monoisotopic (exact) mass is 262 g/mol. The zero-order chi connectivity index (χ0) is 12.5. The second kappa shape index (κ2) is 4.61. The molecule has 1 aromatic carbocycles. The number of nitrogens with two attached hydrogens (primary N) is 1. The van der Waals surface area contributed by atoms with Crippen LogP contribution in [0.5, 0.6) is 0 Å². The lowest BCUT2D eigenvalue weighted by Gasteiger charge is -2.14. The molecule has 0 unspecified atom stereocenters. The van der Waals surface area contributed by atoms with Crippen LogP contribution in [-0.4, -0.2) is 14.8 Å². The number of benzene rings is 1. The molecule has 0 saturated heterocycles. The number of hydrogen-bond acceptors (Lipinski definition) is 3. The Morgan fingerprint density at radius 1 is 1.28 bits per heavy atom. The van der Waals surface area contributed by atoms with Crippen LogP contribution in [0.2, 0.25) is 5.02 Å². The summed E-state index contributed by atoms with van der Waals surface area (Å²) >= 11 is 6.24. The standard InChI is InChI=1S/C13H15ClN4/c14-12-7-9(15)5-6-11(12)13-17-16-8-18(13)10-3-1-2-4-10/h5-8,10H,1-4,15H2. The van der Waals surface area contributed by atoms with Gasteiger partial charge in [-0.3, -0.25) is 0 Å². The van der Waals surface area contributed by atoms with Crippen LogP contribution in [0, 0.1) is 0 Å². The van der Waals surface area contributed by atoms with Crippen LogP contribution in [0.4, 0.5) is 5.69 Å². The average Bonchev–Trinajstić information content (AvgIpc) is 2.98. The first-order valence-electron chi connectivity index (χ1n) is 6.20. The molecular formula is C13H15ClN4. The number of nitrogens with zero attached hydrogens (tertiary/aromatic N) is 3. The van der Waals surface area contributed by atoms with Crippen molar-refractivity contribution in [2.24, 2.45) is 0 Å². The van der Waals surface area contributed by atoms with Crippen LogP contribution in [0.3, 0.4) is 0 Å². The summed E-state index contributed by atoms with van der Waals surface area (Å²) in [5.41, 5.74) is 7.27. The highest BCUT2D eigenvalue weighted by molar-refractivity contribution is 6.33. The maximum atomic E-state index is 6.24. The lowest BCUT2D eigenvalue weighted by molar-refractivity contribution is 0.522. The van der Waals surface area contributed by atoms with Gasteiger partial charge in [0.2, 0.25) is 0 Å². The summed E-state index contributed by atoms with van der Waals surface area (Å²) in [5, 5.41) is 8.87. The molecule has 0 spiro atoms. The van der Waals surface area contributed by atoms with Gasteiger partial charge in [0, 0.05) is 17.3 Å². The van der Waals surface area contributed by atoms with Crippen molar-refractivity contribution in [3.8, 4) is 11.4 Å². The highest BCUT2D eigenvalue weighted by atomic mass is 35.5. The van der Waals surface area contributed by atoms with E-state index in [1.807, 2.05) is 12.1 Å². The normalized spacial score (nSPS) is 16.3. The molecule has 0 radical (unpaired) electrons. The predicted molar refractivity (Wildman–Crippen MR) is 72.4 cm³/mol.